The Morgan fingerprint density at radius 3 is 2.74 bits per heavy atom. The van der Waals surface area contributed by atoms with Gasteiger partial charge in [0.15, 0.2) is 5.69 Å². The highest BCUT2D eigenvalue weighted by Crippen LogP contribution is 2.08. The van der Waals surface area contributed by atoms with Crippen molar-refractivity contribution in [1.29, 1.82) is 0 Å². The first-order chi connectivity index (χ1) is 9.01. The van der Waals surface area contributed by atoms with E-state index in [1.807, 2.05) is 31.8 Å². The third-order valence-corrected chi connectivity index (χ3v) is 3.11. The van der Waals surface area contributed by atoms with Crippen molar-refractivity contribution in [3.8, 4) is 0 Å². The fourth-order valence-electron chi connectivity index (χ4n) is 1.87. The lowest BCUT2D eigenvalue weighted by atomic mass is 10.3. The standard InChI is InChI=1S/C13H19N5O/c1-5-18-9-11(7-14-18)8-16(3)13(19)12-6-10(2)17(4)15-12/h6-7,9H,5,8H2,1-4H3. The number of hydrogen-bond acceptors (Lipinski definition) is 3. The number of carbonyl (C=O) groups is 1. The molecule has 0 saturated heterocycles. The van der Waals surface area contributed by atoms with Gasteiger partial charge in [-0.1, -0.05) is 0 Å². The minimum absolute atomic E-state index is 0.0760. The van der Waals surface area contributed by atoms with Crippen LogP contribution in [0, 0.1) is 6.92 Å². The van der Waals surface area contributed by atoms with Crippen molar-refractivity contribution in [3.63, 3.8) is 0 Å². The van der Waals surface area contributed by atoms with Crippen LogP contribution in [0.4, 0.5) is 0 Å². The molecule has 2 heterocycles. The number of hydrogen-bond donors (Lipinski definition) is 0. The van der Waals surface area contributed by atoms with Crippen LogP contribution in [0.15, 0.2) is 18.5 Å². The first-order valence-electron chi connectivity index (χ1n) is 6.28. The predicted octanol–water partition coefficient (Wildman–Crippen LogP) is 1.22. The van der Waals surface area contributed by atoms with Crippen molar-refractivity contribution in [2.75, 3.05) is 7.05 Å². The first kappa shape index (κ1) is 13.3. The molecule has 102 valence electrons. The van der Waals surface area contributed by atoms with Crippen LogP contribution in [0.5, 0.6) is 0 Å². The molecular weight excluding hydrogens is 242 g/mol. The van der Waals surface area contributed by atoms with E-state index in [2.05, 4.69) is 10.2 Å². The summed E-state index contributed by atoms with van der Waals surface area (Å²) >= 11 is 0. The summed E-state index contributed by atoms with van der Waals surface area (Å²) in [6.07, 6.45) is 3.74. The van der Waals surface area contributed by atoms with Crippen molar-refractivity contribution in [2.24, 2.45) is 7.05 Å². The Morgan fingerprint density at radius 2 is 2.21 bits per heavy atom. The van der Waals surface area contributed by atoms with E-state index in [1.165, 1.54) is 0 Å². The van der Waals surface area contributed by atoms with Crippen LogP contribution < -0.4 is 0 Å². The Labute approximate surface area is 112 Å². The van der Waals surface area contributed by atoms with Gasteiger partial charge in [-0.2, -0.15) is 10.2 Å². The van der Waals surface area contributed by atoms with Gasteiger partial charge < -0.3 is 4.90 Å². The Bertz CT molecular complexity index is 564. The molecule has 0 saturated carbocycles. The van der Waals surface area contributed by atoms with Crippen LogP contribution >= 0.6 is 0 Å². The maximum Gasteiger partial charge on any atom is 0.274 e. The van der Waals surface area contributed by atoms with E-state index >= 15 is 0 Å². The molecule has 0 aliphatic rings. The highest BCUT2D eigenvalue weighted by Gasteiger charge is 2.16. The number of rotatable bonds is 4. The van der Waals surface area contributed by atoms with Crippen LogP contribution in [-0.2, 0) is 20.1 Å². The summed E-state index contributed by atoms with van der Waals surface area (Å²) in [6.45, 7) is 5.32. The number of amides is 1. The smallest absolute Gasteiger partial charge is 0.274 e. The second-order valence-electron chi connectivity index (χ2n) is 4.66. The highest BCUT2D eigenvalue weighted by atomic mass is 16.2. The Balaban J connectivity index is 2.06. The lowest BCUT2D eigenvalue weighted by Crippen LogP contribution is -2.26. The molecule has 0 fully saturated rings. The number of nitrogens with zero attached hydrogens (tertiary/aromatic N) is 5. The van der Waals surface area contributed by atoms with Crippen LogP contribution in [-0.4, -0.2) is 37.4 Å². The molecular formula is C13H19N5O. The monoisotopic (exact) mass is 261 g/mol. The van der Waals surface area contributed by atoms with E-state index in [4.69, 9.17) is 0 Å². The minimum atomic E-state index is -0.0760. The normalized spacial score (nSPS) is 10.7. The van der Waals surface area contributed by atoms with Crippen LogP contribution in [0.2, 0.25) is 0 Å². The lowest BCUT2D eigenvalue weighted by molar-refractivity contribution is 0.0778. The zero-order valence-corrected chi connectivity index (χ0v) is 11.8. The fraction of sp³-hybridized carbons (Fsp3) is 0.462. The Morgan fingerprint density at radius 1 is 1.47 bits per heavy atom. The molecule has 0 aliphatic heterocycles. The first-order valence-corrected chi connectivity index (χ1v) is 6.28. The molecule has 0 radical (unpaired) electrons. The summed E-state index contributed by atoms with van der Waals surface area (Å²) in [7, 11) is 3.60. The van der Waals surface area contributed by atoms with Crippen LogP contribution in [0.25, 0.3) is 0 Å². The van der Waals surface area contributed by atoms with Crippen LogP contribution in [0.1, 0.15) is 28.7 Å². The Kier molecular flexibility index (Phi) is 3.69. The van der Waals surface area contributed by atoms with Crippen molar-refractivity contribution in [2.45, 2.75) is 26.9 Å². The van der Waals surface area contributed by atoms with Gasteiger partial charge in [0.25, 0.3) is 5.91 Å². The van der Waals surface area contributed by atoms with Gasteiger partial charge >= 0.3 is 0 Å². The second-order valence-corrected chi connectivity index (χ2v) is 4.66. The van der Waals surface area contributed by atoms with Crippen molar-refractivity contribution >= 4 is 5.91 Å². The quantitative estimate of drug-likeness (QED) is 0.831. The maximum absolute atomic E-state index is 12.2. The zero-order chi connectivity index (χ0) is 14.0. The number of aryl methyl sites for hydroxylation is 3. The van der Waals surface area contributed by atoms with Gasteiger partial charge in [-0.3, -0.25) is 14.2 Å². The lowest BCUT2D eigenvalue weighted by Gasteiger charge is -2.14. The van der Waals surface area contributed by atoms with Gasteiger partial charge in [0.2, 0.25) is 0 Å². The molecule has 0 aromatic carbocycles. The van der Waals surface area contributed by atoms with E-state index in [0.29, 0.717) is 12.2 Å². The van der Waals surface area contributed by atoms with Gasteiger partial charge in [-0.15, -0.1) is 0 Å². The molecule has 2 aromatic rings. The SMILES string of the molecule is CCn1cc(CN(C)C(=O)c2cc(C)n(C)n2)cn1. The fourth-order valence-corrected chi connectivity index (χ4v) is 1.87. The average Bonchev–Trinajstić information content (AvgIpc) is 2.96. The number of aromatic nitrogens is 4. The average molecular weight is 261 g/mol. The summed E-state index contributed by atoms with van der Waals surface area (Å²) in [5, 5.41) is 8.40. The Hall–Kier alpha value is -2.11. The summed E-state index contributed by atoms with van der Waals surface area (Å²) < 4.78 is 3.55. The summed E-state index contributed by atoms with van der Waals surface area (Å²) in [4.78, 5) is 13.9. The molecule has 1 amide bonds. The molecule has 6 heteroatoms. The van der Waals surface area contributed by atoms with E-state index in [1.54, 1.807) is 28.9 Å². The van der Waals surface area contributed by atoms with E-state index in [-0.39, 0.29) is 5.91 Å². The van der Waals surface area contributed by atoms with Gasteiger partial charge in [-0.05, 0) is 19.9 Å². The van der Waals surface area contributed by atoms with E-state index < -0.39 is 0 Å². The summed E-state index contributed by atoms with van der Waals surface area (Å²) in [5.41, 5.74) is 2.46. The molecule has 19 heavy (non-hydrogen) atoms. The minimum Gasteiger partial charge on any atom is -0.336 e. The molecule has 0 aliphatic carbocycles. The van der Waals surface area contributed by atoms with Crippen molar-refractivity contribution < 1.29 is 4.79 Å². The van der Waals surface area contributed by atoms with Gasteiger partial charge in [0.1, 0.15) is 0 Å². The topological polar surface area (TPSA) is 56.0 Å². The molecule has 0 atom stereocenters. The highest BCUT2D eigenvalue weighted by molar-refractivity contribution is 5.92. The largest absolute Gasteiger partial charge is 0.336 e. The molecule has 0 bridgehead atoms. The molecule has 2 aromatic heterocycles. The molecule has 2 rings (SSSR count). The zero-order valence-electron chi connectivity index (χ0n) is 11.8. The number of carbonyl (C=O) groups excluding carboxylic acids is 1. The van der Waals surface area contributed by atoms with Crippen molar-refractivity contribution in [3.05, 3.63) is 35.4 Å². The molecule has 0 unspecified atom stereocenters. The summed E-state index contributed by atoms with van der Waals surface area (Å²) in [5.74, 6) is -0.0760. The van der Waals surface area contributed by atoms with Crippen molar-refractivity contribution in [1.82, 2.24) is 24.5 Å². The second kappa shape index (κ2) is 5.26. The predicted molar refractivity (Wildman–Crippen MR) is 71.6 cm³/mol. The van der Waals surface area contributed by atoms with E-state index in [0.717, 1.165) is 17.8 Å². The molecule has 6 nitrogen and oxygen atoms in total. The maximum atomic E-state index is 12.2. The third-order valence-electron chi connectivity index (χ3n) is 3.11. The van der Waals surface area contributed by atoms with Gasteiger partial charge in [0, 0.05) is 44.6 Å². The molecule has 0 spiro atoms. The third kappa shape index (κ3) is 2.83. The van der Waals surface area contributed by atoms with Gasteiger partial charge in [-0.25, -0.2) is 0 Å². The molecule has 0 N–H and O–H groups in total. The van der Waals surface area contributed by atoms with Gasteiger partial charge in [0.05, 0.1) is 6.20 Å². The van der Waals surface area contributed by atoms with Crippen LogP contribution in [0.3, 0.4) is 0 Å². The summed E-state index contributed by atoms with van der Waals surface area (Å²) in [6, 6.07) is 1.80. The van der Waals surface area contributed by atoms with E-state index in [9.17, 15) is 4.79 Å².